The average Bonchev–Trinajstić information content (AvgIpc) is 3.36. The lowest BCUT2D eigenvalue weighted by molar-refractivity contribution is 0.255. The molecule has 0 amide bonds. The zero-order valence-electron chi connectivity index (χ0n) is 13.6. The Morgan fingerprint density at radius 2 is 2.05 bits per heavy atom. The van der Waals surface area contributed by atoms with E-state index in [1.807, 2.05) is 6.92 Å². The Balaban J connectivity index is 1.63. The number of piperidine rings is 1. The van der Waals surface area contributed by atoms with Crippen LogP contribution in [0.15, 0.2) is 6.07 Å². The van der Waals surface area contributed by atoms with Gasteiger partial charge in [0.2, 0.25) is 5.95 Å². The summed E-state index contributed by atoms with van der Waals surface area (Å²) in [5.74, 6) is 1.64. The molecule has 2 fully saturated rings. The number of aliphatic hydroxyl groups excluding tert-OH is 1. The van der Waals surface area contributed by atoms with Crippen molar-refractivity contribution in [3.05, 3.63) is 17.5 Å². The largest absolute Gasteiger partial charge is 0.396 e. The van der Waals surface area contributed by atoms with Gasteiger partial charge in [-0.15, -0.1) is 0 Å². The van der Waals surface area contributed by atoms with Crippen LogP contribution in [0.2, 0.25) is 0 Å². The van der Waals surface area contributed by atoms with E-state index in [4.69, 9.17) is 4.98 Å². The van der Waals surface area contributed by atoms with Crippen LogP contribution in [-0.4, -0.2) is 40.8 Å². The molecular formula is C17H28N4O. The lowest BCUT2D eigenvalue weighted by atomic mass is 10.1. The van der Waals surface area contributed by atoms with Gasteiger partial charge in [0.1, 0.15) is 0 Å². The Bertz CT molecular complexity index is 484. The number of rotatable bonds is 7. The second kappa shape index (κ2) is 7.38. The van der Waals surface area contributed by atoms with Crippen molar-refractivity contribution in [2.24, 2.45) is 5.92 Å². The number of aliphatic hydroxyl groups is 1. The van der Waals surface area contributed by atoms with Crippen molar-refractivity contribution in [2.75, 3.05) is 24.6 Å². The van der Waals surface area contributed by atoms with E-state index in [1.54, 1.807) is 0 Å². The molecule has 0 bridgehead atoms. The van der Waals surface area contributed by atoms with Crippen LogP contribution in [-0.2, 0) is 6.54 Å². The molecule has 2 aliphatic rings. The highest BCUT2D eigenvalue weighted by atomic mass is 16.3. The van der Waals surface area contributed by atoms with Crippen molar-refractivity contribution in [3.8, 4) is 0 Å². The monoisotopic (exact) mass is 304 g/mol. The molecule has 0 radical (unpaired) electrons. The van der Waals surface area contributed by atoms with Gasteiger partial charge in [-0.2, -0.15) is 0 Å². The highest BCUT2D eigenvalue weighted by Crippen LogP contribution is 2.34. The molecule has 22 heavy (non-hydrogen) atoms. The van der Waals surface area contributed by atoms with Crippen LogP contribution in [0.5, 0.6) is 0 Å². The van der Waals surface area contributed by atoms with Crippen molar-refractivity contribution in [2.45, 2.75) is 58.0 Å². The smallest absolute Gasteiger partial charge is 0.225 e. The molecule has 1 unspecified atom stereocenters. The molecule has 0 aromatic carbocycles. The molecule has 1 saturated heterocycles. The molecule has 1 aliphatic carbocycles. The zero-order chi connectivity index (χ0) is 15.4. The van der Waals surface area contributed by atoms with Crippen molar-refractivity contribution in [1.29, 1.82) is 0 Å². The quantitative estimate of drug-likeness (QED) is 0.807. The molecular weight excluding hydrogens is 276 g/mol. The Labute approximate surface area is 133 Å². The predicted molar refractivity (Wildman–Crippen MR) is 87.9 cm³/mol. The number of nitrogens with zero attached hydrogens (tertiary/aromatic N) is 3. The van der Waals surface area contributed by atoms with E-state index >= 15 is 0 Å². The number of aryl methyl sites for hydroxylation is 1. The van der Waals surface area contributed by atoms with Gasteiger partial charge in [-0.25, -0.2) is 9.97 Å². The fourth-order valence-corrected chi connectivity index (χ4v) is 3.32. The summed E-state index contributed by atoms with van der Waals surface area (Å²) in [6, 6.07) is 2.50. The van der Waals surface area contributed by atoms with E-state index in [2.05, 4.69) is 21.3 Å². The molecule has 1 atom stereocenters. The van der Waals surface area contributed by atoms with Crippen molar-refractivity contribution in [3.63, 3.8) is 0 Å². The predicted octanol–water partition coefficient (Wildman–Crippen LogP) is 2.03. The summed E-state index contributed by atoms with van der Waals surface area (Å²) in [6.45, 7) is 5.23. The van der Waals surface area contributed by atoms with Gasteiger partial charge in [-0.3, -0.25) is 0 Å². The first-order valence-corrected chi connectivity index (χ1v) is 8.70. The summed E-state index contributed by atoms with van der Waals surface area (Å²) in [6.07, 6.45) is 7.23. The number of hydrogen-bond acceptors (Lipinski definition) is 5. The van der Waals surface area contributed by atoms with Gasteiger partial charge in [0, 0.05) is 38.0 Å². The number of nitrogens with one attached hydrogen (secondary N) is 1. The highest BCUT2D eigenvalue weighted by molar-refractivity contribution is 5.32. The van der Waals surface area contributed by atoms with E-state index < -0.39 is 0 Å². The van der Waals surface area contributed by atoms with Gasteiger partial charge in [0.05, 0.1) is 5.69 Å². The standard InChI is InChI=1S/C17H28N4O/c1-13-11-15(12-18-16(7-10-22)14-5-6-14)20-17(19-13)21-8-3-2-4-9-21/h11,14,16,18,22H,2-10,12H2,1H3. The number of aromatic nitrogens is 2. The molecule has 122 valence electrons. The van der Waals surface area contributed by atoms with Crippen molar-refractivity contribution in [1.82, 2.24) is 15.3 Å². The summed E-state index contributed by atoms with van der Waals surface area (Å²) in [7, 11) is 0. The van der Waals surface area contributed by atoms with E-state index in [0.29, 0.717) is 6.04 Å². The van der Waals surface area contributed by atoms with Crippen LogP contribution in [0.4, 0.5) is 5.95 Å². The third kappa shape index (κ3) is 4.17. The van der Waals surface area contributed by atoms with Gasteiger partial charge in [-0.05, 0) is 57.4 Å². The maximum Gasteiger partial charge on any atom is 0.225 e. The molecule has 1 aromatic heterocycles. The van der Waals surface area contributed by atoms with E-state index in [9.17, 15) is 5.11 Å². The summed E-state index contributed by atoms with van der Waals surface area (Å²) in [5.41, 5.74) is 2.11. The lowest BCUT2D eigenvalue weighted by Gasteiger charge is -2.27. The number of anilines is 1. The SMILES string of the molecule is Cc1cc(CNC(CCO)C2CC2)nc(N2CCCCC2)n1. The summed E-state index contributed by atoms with van der Waals surface area (Å²) < 4.78 is 0. The molecule has 1 saturated carbocycles. The first-order valence-electron chi connectivity index (χ1n) is 8.70. The summed E-state index contributed by atoms with van der Waals surface area (Å²) in [5, 5.41) is 12.8. The van der Waals surface area contributed by atoms with E-state index in [1.165, 1.54) is 32.1 Å². The Morgan fingerprint density at radius 3 is 2.73 bits per heavy atom. The first kappa shape index (κ1) is 15.7. The average molecular weight is 304 g/mol. The lowest BCUT2D eigenvalue weighted by Crippen LogP contribution is -2.33. The van der Waals surface area contributed by atoms with Gasteiger partial charge >= 0.3 is 0 Å². The normalized spacial score (nSPS) is 20.2. The minimum absolute atomic E-state index is 0.260. The molecule has 2 N–H and O–H groups in total. The molecule has 0 spiro atoms. The third-order valence-corrected chi connectivity index (χ3v) is 4.71. The fourth-order valence-electron chi connectivity index (χ4n) is 3.32. The van der Waals surface area contributed by atoms with Crippen LogP contribution < -0.4 is 10.2 Å². The van der Waals surface area contributed by atoms with E-state index in [-0.39, 0.29) is 6.61 Å². The second-order valence-corrected chi connectivity index (χ2v) is 6.69. The van der Waals surface area contributed by atoms with Crippen molar-refractivity contribution >= 4 is 5.95 Å². The maximum atomic E-state index is 9.20. The molecule has 2 heterocycles. The fraction of sp³-hybridized carbons (Fsp3) is 0.765. The molecule has 5 nitrogen and oxygen atoms in total. The molecule has 5 heteroatoms. The minimum atomic E-state index is 0.260. The van der Waals surface area contributed by atoms with Crippen molar-refractivity contribution < 1.29 is 5.11 Å². The molecule has 3 rings (SSSR count). The molecule has 1 aliphatic heterocycles. The minimum Gasteiger partial charge on any atom is -0.396 e. The third-order valence-electron chi connectivity index (χ3n) is 4.71. The van der Waals surface area contributed by atoms with Crippen LogP contribution in [0.25, 0.3) is 0 Å². The maximum absolute atomic E-state index is 9.20. The Morgan fingerprint density at radius 1 is 1.27 bits per heavy atom. The first-order chi connectivity index (χ1) is 10.8. The van der Waals surface area contributed by atoms with E-state index in [0.717, 1.165) is 49.3 Å². The number of hydrogen-bond donors (Lipinski definition) is 2. The Hall–Kier alpha value is -1.20. The van der Waals surface area contributed by atoms with Crippen LogP contribution in [0.3, 0.4) is 0 Å². The van der Waals surface area contributed by atoms with Crippen LogP contribution in [0, 0.1) is 12.8 Å². The zero-order valence-corrected chi connectivity index (χ0v) is 13.6. The topological polar surface area (TPSA) is 61.3 Å². The van der Waals surface area contributed by atoms with Crippen LogP contribution >= 0.6 is 0 Å². The van der Waals surface area contributed by atoms with Gasteiger partial charge in [0.15, 0.2) is 0 Å². The van der Waals surface area contributed by atoms with Gasteiger partial charge in [0.25, 0.3) is 0 Å². The Kier molecular flexibility index (Phi) is 5.26. The highest BCUT2D eigenvalue weighted by Gasteiger charge is 2.30. The van der Waals surface area contributed by atoms with Gasteiger partial charge < -0.3 is 15.3 Å². The van der Waals surface area contributed by atoms with Crippen LogP contribution in [0.1, 0.15) is 49.9 Å². The molecule has 1 aromatic rings. The second-order valence-electron chi connectivity index (χ2n) is 6.69. The van der Waals surface area contributed by atoms with Gasteiger partial charge in [-0.1, -0.05) is 0 Å². The summed E-state index contributed by atoms with van der Waals surface area (Å²) in [4.78, 5) is 11.7. The summed E-state index contributed by atoms with van der Waals surface area (Å²) >= 11 is 0.